The Morgan fingerprint density at radius 2 is 1.62 bits per heavy atom. The van der Waals surface area contributed by atoms with Gasteiger partial charge in [-0.3, -0.25) is 14.4 Å². The summed E-state index contributed by atoms with van der Waals surface area (Å²) in [7, 11) is 1.59. The Kier molecular flexibility index (Phi) is 9.53. The van der Waals surface area contributed by atoms with E-state index in [9.17, 15) is 14.4 Å². The molecule has 1 heterocycles. The molecule has 0 radical (unpaired) electrons. The lowest BCUT2D eigenvalue weighted by atomic mass is 9.92. The summed E-state index contributed by atoms with van der Waals surface area (Å²) in [5, 5.41) is 3.80. The van der Waals surface area contributed by atoms with Crippen LogP contribution in [0.25, 0.3) is 10.9 Å². The van der Waals surface area contributed by atoms with E-state index in [0.29, 0.717) is 30.1 Å². The molecule has 0 saturated heterocycles. The summed E-state index contributed by atoms with van der Waals surface area (Å²) in [4.78, 5) is 40.6. The highest BCUT2D eigenvalue weighted by molar-refractivity contribution is 5.87. The lowest BCUT2D eigenvalue weighted by Gasteiger charge is -2.24. The number of methoxy groups -OCH3 is 1. The van der Waals surface area contributed by atoms with Gasteiger partial charge in [0.25, 0.3) is 0 Å². The summed E-state index contributed by atoms with van der Waals surface area (Å²) in [5.41, 5.74) is 9.22. The van der Waals surface area contributed by atoms with Crippen molar-refractivity contribution >= 4 is 28.6 Å². The van der Waals surface area contributed by atoms with Crippen LogP contribution >= 0.6 is 0 Å². The molecule has 0 aliphatic rings. The van der Waals surface area contributed by atoms with E-state index in [4.69, 9.17) is 19.9 Å². The van der Waals surface area contributed by atoms with Crippen LogP contribution in [0.3, 0.4) is 0 Å². The van der Waals surface area contributed by atoms with Gasteiger partial charge in [-0.2, -0.15) is 0 Å². The van der Waals surface area contributed by atoms with E-state index in [0.717, 1.165) is 22.0 Å². The second-order valence-corrected chi connectivity index (χ2v) is 9.40. The van der Waals surface area contributed by atoms with E-state index in [1.54, 1.807) is 31.4 Å². The molecule has 0 bridgehead atoms. The van der Waals surface area contributed by atoms with Crippen molar-refractivity contribution in [1.82, 2.24) is 10.3 Å². The van der Waals surface area contributed by atoms with Crippen LogP contribution in [-0.4, -0.2) is 42.5 Å². The maximum absolute atomic E-state index is 13.4. The first-order chi connectivity index (χ1) is 19.3. The van der Waals surface area contributed by atoms with Crippen LogP contribution in [-0.2, 0) is 27.2 Å². The molecule has 40 heavy (non-hydrogen) atoms. The van der Waals surface area contributed by atoms with Gasteiger partial charge in [0, 0.05) is 30.4 Å². The molecule has 0 spiro atoms. The van der Waals surface area contributed by atoms with Gasteiger partial charge in [-0.1, -0.05) is 36.4 Å². The molecule has 9 nitrogen and oxygen atoms in total. The van der Waals surface area contributed by atoms with Crippen molar-refractivity contribution in [3.8, 4) is 17.2 Å². The van der Waals surface area contributed by atoms with Crippen LogP contribution < -0.4 is 25.3 Å². The van der Waals surface area contributed by atoms with Gasteiger partial charge in [-0.05, 0) is 60.4 Å². The Morgan fingerprint density at radius 1 is 0.925 bits per heavy atom. The van der Waals surface area contributed by atoms with Gasteiger partial charge in [0.15, 0.2) is 5.78 Å². The van der Waals surface area contributed by atoms with E-state index in [-0.39, 0.29) is 24.7 Å². The Labute approximate surface area is 232 Å². The average Bonchev–Trinajstić information content (AvgIpc) is 3.36. The van der Waals surface area contributed by atoms with E-state index < -0.39 is 18.1 Å². The molecule has 9 heteroatoms. The van der Waals surface area contributed by atoms with Crippen LogP contribution in [0.5, 0.6) is 17.2 Å². The van der Waals surface area contributed by atoms with Crippen molar-refractivity contribution < 1.29 is 28.6 Å². The van der Waals surface area contributed by atoms with Gasteiger partial charge in [-0.25, -0.2) is 0 Å². The van der Waals surface area contributed by atoms with Gasteiger partial charge < -0.3 is 30.2 Å². The Balaban J connectivity index is 1.44. The van der Waals surface area contributed by atoms with Crippen LogP contribution in [0.4, 0.5) is 0 Å². The second-order valence-electron chi connectivity index (χ2n) is 9.40. The first-order valence-corrected chi connectivity index (χ1v) is 13.0. The number of hydrogen-bond acceptors (Lipinski definition) is 7. The number of amides is 1. The number of esters is 1. The van der Waals surface area contributed by atoms with Gasteiger partial charge in [0.2, 0.25) is 5.91 Å². The molecule has 1 aromatic heterocycles. The molecular formula is C31H33N3O6. The van der Waals surface area contributed by atoms with Crippen molar-refractivity contribution in [3.05, 3.63) is 90.1 Å². The fraction of sp³-hybridized carbons (Fsp3) is 0.258. The molecule has 0 aliphatic carbocycles. The molecule has 1 amide bonds. The highest BCUT2D eigenvalue weighted by atomic mass is 16.5. The maximum Gasteiger partial charge on any atom is 0.308 e. The normalized spacial score (nSPS) is 12.4. The average molecular weight is 544 g/mol. The van der Waals surface area contributed by atoms with Crippen molar-refractivity contribution in [1.29, 1.82) is 0 Å². The first-order valence-electron chi connectivity index (χ1n) is 13.0. The highest BCUT2D eigenvalue weighted by Crippen LogP contribution is 2.24. The van der Waals surface area contributed by atoms with Gasteiger partial charge in [0.1, 0.15) is 23.9 Å². The number of aryl methyl sites for hydroxylation is 1. The van der Waals surface area contributed by atoms with Gasteiger partial charge >= 0.3 is 5.97 Å². The second kappa shape index (κ2) is 13.4. The number of nitrogens with two attached hydrogens (primary N) is 1. The summed E-state index contributed by atoms with van der Waals surface area (Å²) in [5.74, 6) is -0.169. The smallest absolute Gasteiger partial charge is 0.308 e. The molecule has 4 N–H and O–H groups in total. The number of carbonyl (C=O) groups excluding carboxylic acids is 3. The number of ether oxygens (including phenoxy) is 3. The number of ketones is 1. The van der Waals surface area contributed by atoms with Gasteiger partial charge in [-0.15, -0.1) is 0 Å². The molecule has 0 saturated carbocycles. The number of H-pyrrole nitrogens is 1. The zero-order chi connectivity index (χ0) is 28.5. The van der Waals surface area contributed by atoms with E-state index in [1.807, 2.05) is 54.7 Å². The zero-order valence-corrected chi connectivity index (χ0v) is 22.5. The topological polar surface area (TPSA) is 133 Å². The third kappa shape index (κ3) is 7.48. The molecule has 3 aromatic carbocycles. The van der Waals surface area contributed by atoms with Crippen LogP contribution in [0.1, 0.15) is 24.5 Å². The number of rotatable bonds is 13. The fourth-order valence-electron chi connectivity index (χ4n) is 4.53. The molecule has 2 unspecified atom stereocenters. The quantitative estimate of drug-likeness (QED) is 0.132. The predicted octanol–water partition coefficient (Wildman–Crippen LogP) is 3.94. The number of nitrogens with one attached hydrogen (secondary N) is 2. The van der Waals surface area contributed by atoms with E-state index in [2.05, 4.69) is 10.3 Å². The minimum atomic E-state index is -0.929. The summed E-state index contributed by atoms with van der Waals surface area (Å²) in [6, 6.07) is 21.7. The summed E-state index contributed by atoms with van der Waals surface area (Å²) < 4.78 is 16.1. The number of aromatic amines is 1. The van der Waals surface area contributed by atoms with Crippen molar-refractivity contribution in [2.45, 2.75) is 32.4 Å². The highest BCUT2D eigenvalue weighted by Gasteiger charge is 2.28. The van der Waals surface area contributed by atoms with Crippen LogP contribution in [0.2, 0.25) is 0 Å². The SMILES string of the molecule is COc1ccccc1CCC(=O)NC(N)C(Cc1c[nH]c2ccccc12)C(=O)COc1ccc(OC(C)=O)cc1. The first kappa shape index (κ1) is 28.4. The lowest BCUT2D eigenvalue weighted by Crippen LogP contribution is -2.51. The molecule has 0 fully saturated rings. The minimum Gasteiger partial charge on any atom is -0.496 e. The minimum absolute atomic E-state index is 0.188. The zero-order valence-electron chi connectivity index (χ0n) is 22.5. The molecule has 4 rings (SSSR count). The Bertz CT molecular complexity index is 1460. The number of carbonyl (C=O) groups is 3. The summed E-state index contributed by atoms with van der Waals surface area (Å²) in [6.45, 7) is 1.07. The summed E-state index contributed by atoms with van der Waals surface area (Å²) in [6.07, 6.45) is 1.89. The van der Waals surface area contributed by atoms with E-state index >= 15 is 0 Å². The number of benzene rings is 3. The van der Waals surface area contributed by atoms with Crippen LogP contribution in [0, 0.1) is 5.92 Å². The third-order valence-electron chi connectivity index (χ3n) is 6.57. The Hall–Kier alpha value is -4.63. The number of para-hydroxylation sites is 2. The number of fused-ring (bicyclic) bond motifs is 1. The number of hydrogen-bond donors (Lipinski definition) is 3. The molecular weight excluding hydrogens is 510 g/mol. The van der Waals surface area contributed by atoms with Crippen molar-refractivity contribution in [2.24, 2.45) is 11.7 Å². The van der Waals surface area contributed by atoms with E-state index in [1.165, 1.54) is 6.92 Å². The molecule has 0 aliphatic heterocycles. The van der Waals surface area contributed by atoms with Gasteiger partial charge in [0.05, 0.1) is 19.2 Å². The molecule has 4 aromatic rings. The molecule has 2 atom stereocenters. The Morgan fingerprint density at radius 3 is 2.38 bits per heavy atom. The number of Topliss-reactive ketones (excluding diaryl/α,β-unsaturated/α-hetero) is 1. The third-order valence-corrected chi connectivity index (χ3v) is 6.57. The summed E-state index contributed by atoms with van der Waals surface area (Å²) >= 11 is 0. The monoisotopic (exact) mass is 543 g/mol. The van der Waals surface area contributed by atoms with Crippen molar-refractivity contribution in [2.75, 3.05) is 13.7 Å². The maximum atomic E-state index is 13.4. The predicted molar refractivity (Wildman–Crippen MR) is 151 cm³/mol. The molecule has 208 valence electrons. The standard InChI is InChI=1S/C31H33N3O6/c1-20(35)40-24-14-12-23(13-15-24)39-19-28(36)26(17-22-18-33-27-9-5-4-8-25(22)27)31(32)34-30(37)16-11-21-7-3-6-10-29(21)38-2/h3-10,12-15,18,26,31,33H,11,16-17,19,32H2,1-2H3,(H,34,37). The lowest BCUT2D eigenvalue weighted by molar-refractivity contribution is -0.132. The fourth-order valence-corrected chi connectivity index (χ4v) is 4.53. The van der Waals surface area contributed by atoms with Crippen LogP contribution in [0.15, 0.2) is 79.0 Å². The van der Waals surface area contributed by atoms with Crippen molar-refractivity contribution in [3.63, 3.8) is 0 Å². The number of aromatic nitrogens is 1. The largest absolute Gasteiger partial charge is 0.496 e.